The summed E-state index contributed by atoms with van der Waals surface area (Å²) in [6.45, 7) is 1.69. The van der Waals surface area contributed by atoms with Gasteiger partial charge >= 0.3 is 0 Å². The summed E-state index contributed by atoms with van der Waals surface area (Å²) in [7, 11) is 0. The Kier molecular flexibility index (Phi) is 5.49. The molecule has 37 heavy (non-hydrogen) atoms. The largest absolute Gasteiger partial charge is 0.322 e. The maximum atomic E-state index is 14.4. The zero-order valence-corrected chi connectivity index (χ0v) is 20.6. The molecule has 0 radical (unpaired) electrons. The monoisotopic (exact) mass is 498 g/mol. The normalized spacial score (nSPS) is 24.5. The van der Waals surface area contributed by atoms with E-state index < -0.39 is 6.04 Å². The number of nitrogens with one attached hydrogen (secondary N) is 2. The fourth-order valence-electron chi connectivity index (χ4n) is 6.90. The summed E-state index contributed by atoms with van der Waals surface area (Å²) in [4.78, 5) is 45.6. The Morgan fingerprint density at radius 3 is 2.62 bits per heavy atom. The Hall–Kier alpha value is -3.66. The van der Waals surface area contributed by atoms with Gasteiger partial charge in [0.1, 0.15) is 11.7 Å². The summed E-state index contributed by atoms with van der Waals surface area (Å²) in [6.07, 6.45) is 11.0. The molecule has 2 aliphatic carbocycles. The Labute approximate surface area is 214 Å². The first-order chi connectivity index (χ1) is 18.2. The van der Waals surface area contributed by atoms with E-state index >= 15 is 0 Å². The molecule has 3 unspecified atom stereocenters. The third kappa shape index (κ3) is 3.65. The van der Waals surface area contributed by atoms with Crippen LogP contribution in [0.5, 0.6) is 0 Å². The quantitative estimate of drug-likeness (QED) is 0.565. The van der Waals surface area contributed by atoms with E-state index in [2.05, 4.69) is 30.5 Å². The van der Waals surface area contributed by atoms with Crippen LogP contribution in [0.4, 0.5) is 5.95 Å². The van der Waals surface area contributed by atoms with Gasteiger partial charge in [-0.1, -0.05) is 0 Å². The van der Waals surface area contributed by atoms with Crippen LogP contribution < -0.4 is 10.2 Å². The average Bonchev–Trinajstić information content (AvgIpc) is 3.69. The van der Waals surface area contributed by atoms with E-state index in [-0.39, 0.29) is 29.8 Å². The number of anilines is 1. The number of piperidine rings is 2. The molecule has 5 heterocycles. The third-order valence-corrected chi connectivity index (χ3v) is 8.59. The number of nitrogens with zero attached hydrogens (tertiary/aromatic N) is 6. The van der Waals surface area contributed by atoms with Crippen LogP contribution >= 0.6 is 0 Å². The lowest BCUT2D eigenvalue weighted by molar-refractivity contribution is -0.125. The maximum Gasteiger partial charge on any atom is 0.273 e. The molecule has 1 saturated carbocycles. The van der Waals surface area contributed by atoms with E-state index in [0.29, 0.717) is 18.1 Å². The second-order valence-corrected chi connectivity index (χ2v) is 10.5. The van der Waals surface area contributed by atoms with Crippen LogP contribution in [0.1, 0.15) is 53.8 Å². The number of fused-ring (bicyclic) bond motifs is 5. The highest BCUT2D eigenvalue weighted by atomic mass is 16.2. The van der Waals surface area contributed by atoms with Gasteiger partial charge in [-0.3, -0.25) is 24.6 Å². The zero-order valence-electron chi connectivity index (χ0n) is 20.6. The molecule has 2 N–H and O–H groups in total. The number of hydrogen-bond donors (Lipinski definition) is 2. The molecule has 3 fully saturated rings. The van der Waals surface area contributed by atoms with Crippen molar-refractivity contribution in [3.8, 4) is 11.3 Å². The van der Waals surface area contributed by atoms with Crippen molar-refractivity contribution in [1.29, 1.82) is 0 Å². The predicted octanol–water partition coefficient (Wildman–Crippen LogP) is 2.14. The fraction of sp³-hybridized carbons (Fsp3) is 0.481. The average molecular weight is 499 g/mol. The summed E-state index contributed by atoms with van der Waals surface area (Å²) in [5.74, 6) is 0.406. The highest BCUT2D eigenvalue weighted by Crippen LogP contribution is 2.45. The minimum absolute atomic E-state index is 0.0103. The highest BCUT2D eigenvalue weighted by Gasteiger charge is 2.54. The molecule has 2 saturated heterocycles. The van der Waals surface area contributed by atoms with Crippen molar-refractivity contribution in [1.82, 2.24) is 35.4 Å². The summed E-state index contributed by atoms with van der Waals surface area (Å²) in [6, 6.07) is 5.24. The molecule has 10 nitrogen and oxygen atoms in total. The molecule has 190 valence electrons. The molecule has 2 aliphatic heterocycles. The third-order valence-electron chi connectivity index (χ3n) is 8.59. The molecule has 3 atom stereocenters. The molecule has 3 aromatic rings. The van der Waals surface area contributed by atoms with Crippen molar-refractivity contribution in [2.24, 2.45) is 5.92 Å². The van der Waals surface area contributed by atoms with Crippen molar-refractivity contribution >= 4 is 17.8 Å². The van der Waals surface area contributed by atoms with Gasteiger partial charge in [-0.2, -0.15) is 5.10 Å². The molecule has 7 rings (SSSR count). The topological polar surface area (TPSA) is 120 Å². The number of aryl methyl sites for hydroxylation is 1. The van der Waals surface area contributed by atoms with E-state index in [1.165, 1.54) is 0 Å². The van der Waals surface area contributed by atoms with Crippen molar-refractivity contribution in [3.05, 3.63) is 53.7 Å². The Morgan fingerprint density at radius 1 is 0.973 bits per heavy atom. The molecule has 4 aliphatic rings. The van der Waals surface area contributed by atoms with E-state index in [1.807, 2.05) is 17.0 Å². The van der Waals surface area contributed by atoms with Gasteiger partial charge in [-0.05, 0) is 82.2 Å². The molecule has 2 bridgehead atoms. The smallest absolute Gasteiger partial charge is 0.273 e. The van der Waals surface area contributed by atoms with Crippen LogP contribution in [-0.2, 0) is 17.6 Å². The first-order valence-electron chi connectivity index (χ1n) is 13.4. The zero-order chi connectivity index (χ0) is 24.9. The molecule has 0 aromatic carbocycles. The first kappa shape index (κ1) is 22.5. The van der Waals surface area contributed by atoms with Crippen molar-refractivity contribution in [2.75, 3.05) is 18.0 Å². The minimum Gasteiger partial charge on any atom is -0.322 e. The van der Waals surface area contributed by atoms with Gasteiger partial charge in [0.2, 0.25) is 5.95 Å². The molecule has 3 aromatic heterocycles. The van der Waals surface area contributed by atoms with Crippen LogP contribution in [0.3, 0.4) is 0 Å². The highest BCUT2D eigenvalue weighted by molar-refractivity contribution is 6.03. The Balaban J connectivity index is 1.24. The SMILES string of the molecule is O=C(C1C2CCC(C2)N1C(=O)c1[nH]nc2c1CCc1ncccc1-2)N(c1ncccn1)C1CCNCC1. The minimum atomic E-state index is -0.513. The number of carbonyl (C=O) groups excluding carboxylic acids is 2. The Morgan fingerprint density at radius 2 is 1.78 bits per heavy atom. The molecule has 10 heteroatoms. The molecule has 2 amide bonds. The van der Waals surface area contributed by atoms with Crippen LogP contribution in [0.15, 0.2) is 36.8 Å². The van der Waals surface area contributed by atoms with Crippen LogP contribution in [0, 0.1) is 5.92 Å². The fourth-order valence-corrected chi connectivity index (χ4v) is 6.90. The summed E-state index contributed by atoms with van der Waals surface area (Å²) in [5, 5.41) is 11.0. The number of aromatic amines is 1. The summed E-state index contributed by atoms with van der Waals surface area (Å²) >= 11 is 0. The maximum absolute atomic E-state index is 14.4. The van der Waals surface area contributed by atoms with Gasteiger partial charge in [0, 0.05) is 41.8 Å². The Bertz CT molecular complexity index is 1340. The van der Waals surface area contributed by atoms with Crippen molar-refractivity contribution < 1.29 is 9.59 Å². The van der Waals surface area contributed by atoms with Gasteiger partial charge in [0.05, 0.1) is 11.4 Å². The van der Waals surface area contributed by atoms with E-state index in [0.717, 1.165) is 74.1 Å². The number of likely N-dealkylation sites (tertiary alicyclic amines) is 1. The summed E-state index contributed by atoms with van der Waals surface area (Å²) in [5.41, 5.74) is 4.24. The van der Waals surface area contributed by atoms with Crippen LogP contribution in [0.25, 0.3) is 11.3 Å². The lowest BCUT2D eigenvalue weighted by atomic mass is 9.91. The van der Waals surface area contributed by atoms with Crippen LogP contribution in [0.2, 0.25) is 0 Å². The predicted molar refractivity (Wildman–Crippen MR) is 136 cm³/mol. The standard InChI is InChI=1S/C27H30N8O2/c36-25(23-20-6-7-21-19(3-1-10-29-21)22(20)32-33-23)34-18-5-4-16(15-18)24(34)26(37)35(17-8-13-28-14-9-17)27-30-11-2-12-31-27/h1-3,10-12,16-18,24,28H,4-9,13-15H2,(H,32,33). The second kappa shape index (κ2) is 9.02. The van der Waals surface area contributed by atoms with Gasteiger partial charge < -0.3 is 10.2 Å². The molecular formula is C27H30N8O2. The lowest BCUT2D eigenvalue weighted by Crippen LogP contribution is -2.58. The first-order valence-corrected chi connectivity index (χ1v) is 13.4. The number of amides is 2. The van der Waals surface area contributed by atoms with E-state index in [1.54, 1.807) is 29.6 Å². The second-order valence-electron chi connectivity index (χ2n) is 10.5. The molecule has 0 spiro atoms. The number of aromatic nitrogens is 5. The number of carbonyl (C=O) groups is 2. The number of H-pyrrole nitrogens is 1. The van der Waals surface area contributed by atoms with Crippen molar-refractivity contribution in [3.63, 3.8) is 0 Å². The lowest BCUT2D eigenvalue weighted by Gasteiger charge is -2.40. The van der Waals surface area contributed by atoms with Gasteiger partial charge in [0.25, 0.3) is 11.8 Å². The van der Waals surface area contributed by atoms with Gasteiger partial charge in [-0.15, -0.1) is 0 Å². The van der Waals surface area contributed by atoms with Gasteiger partial charge in [-0.25, -0.2) is 9.97 Å². The van der Waals surface area contributed by atoms with E-state index in [9.17, 15) is 9.59 Å². The van der Waals surface area contributed by atoms with Gasteiger partial charge in [0.15, 0.2) is 0 Å². The number of hydrogen-bond acceptors (Lipinski definition) is 7. The molecular weight excluding hydrogens is 468 g/mol. The number of pyridine rings is 1. The summed E-state index contributed by atoms with van der Waals surface area (Å²) < 4.78 is 0. The van der Waals surface area contributed by atoms with E-state index in [4.69, 9.17) is 0 Å². The van der Waals surface area contributed by atoms with Crippen molar-refractivity contribution in [2.45, 2.75) is 63.1 Å². The van der Waals surface area contributed by atoms with Crippen LogP contribution in [-0.4, -0.2) is 73.1 Å². The number of rotatable bonds is 4.